The van der Waals surface area contributed by atoms with Gasteiger partial charge in [-0.05, 0) is 82.7 Å². The minimum atomic E-state index is -0.402. The molecular formula is C28H27BrN2O4. The second kappa shape index (κ2) is 9.66. The minimum absolute atomic E-state index is 0.0307. The van der Waals surface area contributed by atoms with E-state index in [2.05, 4.69) is 38.7 Å². The van der Waals surface area contributed by atoms with Crippen LogP contribution in [0.15, 0.2) is 76.4 Å². The van der Waals surface area contributed by atoms with Gasteiger partial charge in [-0.3, -0.25) is 4.79 Å². The van der Waals surface area contributed by atoms with Gasteiger partial charge in [-0.15, -0.1) is 0 Å². The number of nitrogens with one attached hydrogen (secondary N) is 2. The van der Waals surface area contributed by atoms with Gasteiger partial charge in [-0.1, -0.05) is 24.3 Å². The molecule has 0 saturated heterocycles. The number of allylic oxidation sites excluding steroid dienone is 1. The average Bonchev–Trinajstić information content (AvgIpc) is 3.03. The van der Waals surface area contributed by atoms with Crippen molar-refractivity contribution in [3.63, 3.8) is 0 Å². The number of fused-ring (bicyclic) bond motifs is 1. The van der Waals surface area contributed by atoms with Crippen molar-refractivity contribution in [2.45, 2.75) is 31.7 Å². The number of phenols is 1. The maximum absolute atomic E-state index is 13.7. The molecule has 2 aliphatic rings. The fourth-order valence-corrected chi connectivity index (χ4v) is 5.36. The van der Waals surface area contributed by atoms with Crippen LogP contribution in [0.3, 0.4) is 0 Å². The number of phenolic OH excluding ortho intramolecular Hbond substituents is 1. The Morgan fingerprint density at radius 1 is 1.03 bits per heavy atom. The number of para-hydroxylation sites is 2. The minimum Gasteiger partial charge on any atom is -0.503 e. The SMILES string of the molecule is CCOc1ccc(C2CC(=O)C3=C(C2)Nc2ccccc2NC3c2cc(Br)c(O)c(OC)c2)cc1. The Morgan fingerprint density at radius 2 is 1.77 bits per heavy atom. The maximum atomic E-state index is 13.7. The zero-order chi connectivity index (χ0) is 24.5. The summed E-state index contributed by atoms with van der Waals surface area (Å²) in [4.78, 5) is 13.7. The van der Waals surface area contributed by atoms with E-state index < -0.39 is 6.04 Å². The number of rotatable bonds is 5. The van der Waals surface area contributed by atoms with E-state index in [0.29, 0.717) is 35.2 Å². The molecule has 3 aromatic rings. The molecule has 0 spiro atoms. The standard InChI is InChI=1S/C28H27BrN2O4/c1-3-35-19-10-8-16(9-11-19)17-13-23-26(24(32)14-17)27(31-22-7-5-4-6-21(22)30-23)18-12-20(29)28(33)25(15-18)34-2/h4-12,15,17,27,30-31,33H,3,13-14H2,1-2H3. The Labute approximate surface area is 213 Å². The molecular weight excluding hydrogens is 508 g/mol. The monoisotopic (exact) mass is 534 g/mol. The van der Waals surface area contributed by atoms with Crippen LogP contribution in [0, 0.1) is 0 Å². The Bertz CT molecular complexity index is 1300. The highest BCUT2D eigenvalue weighted by Crippen LogP contribution is 2.46. The molecule has 2 atom stereocenters. The molecule has 0 amide bonds. The molecule has 0 fully saturated rings. The number of carbonyl (C=O) groups is 1. The summed E-state index contributed by atoms with van der Waals surface area (Å²) < 4.78 is 11.5. The summed E-state index contributed by atoms with van der Waals surface area (Å²) >= 11 is 3.43. The normalized spacial score (nSPS) is 19.1. The highest BCUT2D eigenvalue weighted by atomic mass is 79.9. The second-order valence-corrected chi connectivity index (χ2v) is 9.58. The van der Waals surface area contributed by atoms with Crippen molar-refractivity contribution in [2.24, 2.45) is 0 Å². The largest absolute Gasteiger partial charge is 0.503 e. The number of ketones is 1. The lowest BCUT2D eigenvalue weighted by Crippen LogP contribution is -2.27. The molecule has 0 radical (unpaired) electrons. The molecule has 3 N–H and O–H groups in total. The van der Waals surface area contributed by atoms with E-state index in [1.165, 1.54) is 7.11 Å². The lowest BCUT2D eigenvalue weighted by atomic mass is 9.78. The first-order valence-corrected chi connectivity index (χ1v) is 12.5. The van der Waals surface area contributed by atoms with E-state index in [9.17, 15) is 9.90 Å². The van der Waals surface area contributed by atoms with E-state index >= 15 is 0 Å². The molecule has 180 valence electrons. The van der Waals surface area contributed by atoms with Crippen LogP contribution in [0.5, 0.6) is 17.2 Å². The third-order valence-electron chi connectivity index (χ3n) is 6.58. The van der Waals surface area contributed by atoms with Crippen molar-refractivity contribution in [1.82, 2.24) is 0 Å². The number of anilines is 2. The molecule has 35 heavy (non-hydrogen) atoms. The van der Waals surface area contributed by atoms with Crippen LogP contribution in [0.25, 0.3) is 0 Å². The molecule has 6 nitrogen and oxygen atoms in total. The fraction of sp³-hybridized carbons (Fsp3) is 0.250. The summed E-state index contributed by atoms with van der Waals surface area (Å²) in [6.07, 6.45) is 1.12. The molecule has 2 unspecified atom stereocenters. The number of halogens is 1. The van der Waals surface area contributed by atoms with Crippen molar-refractivity contribution < 1.29 is 19.4 Å². The first kappa shape index (κ1) is 23.3. The Morgan fingerprint density at radius 3 is 2.49 bits per heavy atom. The molecule has 1 aliphatic heterocycles. The predicted molar refractivity (Wildman–Crippen MR) is 140 cm³/mol. The van der Waals surface area contributed by atoms with Crippen molar-refractivity contribution in [2.75, 3.05) is 24.4 Å². The van der Waals surface area contributed by atoms with Crippen LogP contribution in [-0.4, -0.2) is 24.6 Å². The van der Waals surface area contributed by atoms with E-state index in [-0.39, 0.29) is 17.5 Å². The number of benzene rings is 3. The number of ether oxygens (including phenoxy) is 2. The zero-order valence-corrected chi connectivity index (χ0v) is 21.2. The van der Waals surface area contributed by atoms with Gasteiger partial charge < -0.3 is 25.2 Å². The van der Waals surface area contributed by atoms with Gasteiger partial charge in [0.1, 0.15) is 5.75 Å². The fourth-order valence-electron chi connectivity index (χ4n) is 4.90. The highest BCUT2D eigenvalue weighted by Gasteiger charge is 2.36. The van der Waals surface area contributed by atoms with Gasteiger partial charge in [-0.2, -0.15) is 0 Å². The maximum Gasteiger partial charge on any atom is 0.172 e. The summed E-state index contributed by atoms with van der Waals surface area (Å²) in [5.74, 6) is 1.36. The van der Waals surface area contributed by atoms with E-state index in [4.69, 9.17) is 9.47 Å². The van der Waals surface area contributed by atoms with Crippen LogP contribution in [0.2, 0.25) is 0 Å². The van der Waals surface area contributed by atoms with Crippen molar-refractivity contribution in [3.8, 4) is 17.2 Å². The number of hydrogen-bond donors (Lipinski definition) is 3. The molecule has 5 rings (SSSR count). The third-order valence-corrected chi connectivity index (χ3v) is 7.18. The Balaban J connectivity index is 1.58. The number of methoxy groups -OCH3 is 1. The topological polar surface area (TPSA) is 79.8 Å². The van der Waals surface area contributed by atoms with E-state index in [0.717, 1.165) is 33.9 Å². The summed E-state index contributed by atoms with van der Waals surface area (Å²) in [5.41, 5.74) is 5.39. The van der Waals surface area contributed by atoms with Gasteiger partial charge >= 0.3 is 0 Å². The van der Waals surface area contributed by atoms with Crippen LogP contribution in [0.4, 0.5) is 11.4 Å². The Hall–Kier alpha value is -3.45. The van der Waals surface area contributed by atoms with Crippen LogP contribution in [-0.2, 0) is 4.79 Å². The smallest absolute Gasteiger partial charge is 0.172 e. The lowest BCUT2D eigenvalue weighted by Gasteiger charge is -2.30. The molecule has 0 bridgehead atoms. The van der Waals surface area contributed by atoms with Gasteiger partial charge in [0, 0.05) is 17.7 Å². The van der Waals surface area contributed by atoms with Gasteiger partial charge in [0.2, 0.25) is 0 Å². The first-order valence-electron chi connectivity index (χ1n) is 11.7. The van der Waals surface area contributed by atoms with Crippen LogP contribution < -0.4 is 20.1 Å². The molecule has 7 heteroatoms. The van der Waals surface area contributed by atoms with Gasteiger partial charge in [0.15, 0.2) is 17.3 Å². The first-order chi connectivity index (χ1) is 17.0. The number of aromatic hydroxyl groups is 1. The van der Waals surface area contributed by atoms with Crippen molar-refractivity contribution in [1.29, 1.82) is 0 Å². The van der Waals surface area contributed by atoms with Crippen molar-refractivity contribution in [3.05, 3.63) is 87.5 Å². The van der Waals surface area contributed by atoms with E-state index in [1.54, 1.807) is 6.07 Å². The second-order valence-electron chi connectivity index (χ2n) is 8.72. The Kier molecular flexibility index (Phi) is 6.43. The zero-order valence-electron chi connectivity index (χ0n) is 19.6. The average molecular weight is 535 g/mol. The summed E-state index contributed by atoms with van der Waals surface area (Å²) in [7, 11) is 1.51. The quantitative estimate of drug-likeness (QED) is 0.344. The molecule has 1 heterocycles. The summed E-state index contributed by atoms with van der Waals surface area (Å²) in [6.45, 7) is 2.58. The molecule has 1 aliphatic carbocycles. The van der Waals surface area contributed by atoms with Crippen molar-refractivity contribution >= 4 is 33.1 Å². The molecule has 0 aromatic heterocycles. The highest BCUT2D eigenvalue weighted by molar-refractivity contribution is 9.10. The van der Waals surface area contributed by atoms with E-state index in [1.807, 2.05) is 49.4 Å². The number of carbonyl (C=O) groups excluding carboxylic acids is 1. The predicted octanol–water partition coefficient (Wildman–Crippen LogP) is 6.54. The molecule has 0 saturated carbocycles. The van der Waals surface area contributed by atoms with Gasteiger partial charge in [0.25, 0.3) is 0 Å². The number of hydrogen-bond acceptors (Lipinski definition) is 6. The van der Waals surface area contributed by atoms with Crippen LogP contribution in [0.1, 0.15) is 42.9 Å². The van der Waals surface area contributed by atoms with Gasteiger partial charge in [-0.25, -0.2) is 0 Å². The van der Waals surface area contributed by atoms with Crippen LogP contribution >= 0.6 is 15.9 Å². The number of Topliss-reactive ketones (excluding diaryl/α,β-unsaturated/α-hetero) is 1. The lowest BCUT2D eigenvalue weighted by molar-refractivity contribution is -0.116. The summed E-state index contributed by atoms with van der Waals surface area (Å²) in [5, 5.41) is 17.5. The third kappa shape index (κ3) is 4.48. The van der Waals surface area contributed by atoms with Gasteiger partial charge in [0.05, 0.1) is 35.6 Å². The summed E-state index contributed by atoms with van der Waals surface area (Å²) in [6, 6.07) is 19.2. The molecule has 3 aromatic carbocycles.